The van der Waals surface area contributed by atoms with Crippen molar-refractivity contribution in [1.29, 1.82) is 0 Å². The fourth-order valence-corrected chi connectivity index (χ4v) is 7.32. The minimum absolute atomic E-state index is 0.0817. The lowest BCUT2D eigenvalue weighted by molar-refractivity contribution is -0.144. The standard InChI is InChI=1S/C21H30O2/c1-3-10-21-12-9-17-16(18(21)6-7-19(21)23)5-4-14-13-15(22)8-11-20(14,17)2/h1,14-18,22H,4-13H2,2H3/t14?,15-,16+,17-,18-,20-,21-/m0/s1. The Balaban J connectivity index is 1.65. The molecule has 1 unspecified atom stereocenters. The van der Waals surface area contributed by atoms with Crippen molar-refractivity contribution in [3.05, 3.63) is 0 Å². The molecule has 4 saturated carbocycles. The van der Waals surface area contributed by atoms with Crippen molar-refractivity contribution in [2.24, 2.45) is 34.5 Å². The first kappa shape index (κ1) is 15.7. The van der Waals surface area contributed by atoms with E-state index in [0.717, 1.165) is 38.0 Å². The fraction of sp³-hybridized carbons (Fsp3) is 0.857. The van der Waals surface area contributed by atoms with Gasteiger partial charge in [0.25, 0.3) is 0 Å². The number of hydrogen-bond acceptors (Lipinski definition) is 2. The van der Waals surface area contributed by atoms with Gasteiger partial charge in [-0.2, -0.15) is 0 Å². The molecule has 0 aliphatic heterocycles. The largest absolute Gasteiger partial charge is 0.393 e. The number of carbonyl (C=O) groups is 1. The summed E-state index contributed by atoms with van der Waals surface area (Å²) >= 11 is 0. The molecule has 0 saturated heterocycles. The van der Waals surface area contributed by atoms with Gasteiger partial charge in [-0.05, 0) is 80.5 Å². The predicted molar refractivity (Wildman–Crippen MR) is 90.5 cm³/mol. The first-order chi connectivity index (χ1) is 11.0. The number of aliphatic hydroxyl groups excluding tert-OH is 1. The molecule has 0 bridgehead atoms. The average molecular weight is 314 g/mol. The van der Waals surface area contributed by atoms with Gasteiger partial charge in [0, 0.05) is 18.3 Å². The van der Waals surface area contributed by atoms with E-state index in [1.165, 1.54) is 25.7 Å². The maximum absolute atomic E-state index is 12.7. The van der Waals surface area contributed by atoms with E-state index >= 15 is 0 Å². The number of terminal acetylenes is 1. The zero-order valence-corrected chi connectivity index (χ0v) is 14.4. The van der Waals surface area contributed by atoms with Crippen LogP contribution >= 0.6 is 0 Å². The van der Waals surface area contributed by atoms with Crippen LogP contribution in [0.3, 0.4) is 0 Å². The number of rotatable bonds is 1. The Kier molecular flexibility index (Phi) is 3.65. The number of Topliss-reactive ketones (excluding diaryl/α,β-unsaturated/α-hetero) is 1. The van der Waals surface area contributed by atoms with Crippen molar-refractivity contribution in [2.45, 2.75) is 77.2 Å². The normalized spacial score (nSPS) is 52.2. The zero-order valence-electron chi connectivity index (χ0n) is 14.4. The maximum Gasteiger partial charge on any atom is 0.140 e. The molecule has 23 heavy (non-hydrogen) atoms. The lowest BCUT2D eigenvalue weighted by atomic mass is 9.44. The minimum Gasteiger partial charge on any atom is -0.393 e. The SMILES string of the molecule is C#CC[C@]12CC[C@H]3[C@@H](CCC4C[C@@H](O)CC[C@@]43C)[C@@H]1CCC2=O. The highest BCUT2D eigenvalue weighted by molar-refractivity contribution is 5.87. The summed E-state index contributed by atoms with van der Waals surface area (Å²) in [6.07, 6.45) is 15.9. The van der Waals surface area contributed by atoms with Crippen molar-refractivity contribution in [2.75, 3.05) is 0 Å². The van der Waals surface area contributed by atoms with Gasteiger partial charge in [0.05, 0.1) is 6.10 Å². The highest BCUT2D eigenvalue weighted by Gasteiger charge is 2.61. The van der Waals surface area contributed by atoms with Crippen LogP contribution in [0.5, 0.6) is 0 Å². The summed E-state index contributed by atoms with van der Waals surface area (Å²) in [7, 11) is 0. The maximum atomic E-state index is 12.7. The molecule has 1 N–H and O–H groups in total. The van der Waals surface area contributed by atoms with Crippen molar-refractivity contribution in [3.63, 3.8) is 0 Å². The topological polar surface area (TPSA) is 37.3 Å². The van der Waals surface area contributed by atoms with E-state index in [4.69, 9.17) is 6.42 Å². The van der Waals surface area contributed by atoms with Gasteiger partial charge in [-0.3, -0.25) is 4.79 Å². The molecule has 0 aromatic heterocycles. The van der Waals surface area contributed by atoms with Crippen LogP contribution in [0, 0.1) is 46.8 Å². The molecule has 4 aliphatic rings. The minimum atomic E-state index is -0.173. The lowest BCUT2D eigenvalue weighted by Crippen LogP contribution is -2.54. The van der Waals surface area contributed by atoms with Crippen LogP contribution in [0.1, 0.15) is 71.1 Å². The number of aliphatic hydroxyl groups is 1. The summed E-state index contributed by atoms with van der Waals surface area (Å²) < 4.78 is 0. The lowest BCUT2D eigenvalue weighted by Gasteiger charge is -2.60. The van der Waals surface area contributed by atoms with Crippen LogP contribution in [0.4, 0.5) is 0 Å². The summed E-state index contributed by atoms with van der Waals surface area (Å²) in [5.41, 5.74) is 0.212. The van der Waals surface area contributed by atoms with Crippen LogP contribution in [-0.4, -0.2) is 17.0 Å². The van der Waals surface area contributed by atoms with Gasteiger partial charge in [-0.25, -0.2) is 0 Å². The summed E-state index contributed by atoms with van der Waals surface area (Å²) in [4.78, 5) is 12.7. The van der Waals surface area contributed by atoms with Crippen LogP contribution in [-0.2, 0) is 4.79 Å². The molecule has 4 aliphatic carbocycles. The third-order valence-electron chi connectivity index (χ3n) is 8.50. The van der Waals surface area contributed by atoms with Gasteiger partial charge in [-0.15, -0.1) is 12.3 Å². The highest BCUT2D eigenvalue weighted by Crippen LogP contribution is 2.66. The Bertz CT molecular complexity index is 547. The van der Waals surface area contributed by atoms with Gasteiger partial charge in [0.15, 0.2) is 0 Å². The van der Waals surface area contributed by atoms with Crippen molar-refractivity contribution in [3.8, 4) is 12.3 Å². The molecule has 0 heterocycles. The molecule has 7 atom stereocenters. The molecule has 0 radical (unpaired) electrons. The Morgan fingerprint density at radius 2 is 2.00 bits per heavy atom. The number of carbonyl (C=O) groups excluding carboxylic acids is 1. The summed E-state index contributed by atoms with van der Waals surface area (Å²) in [6.45, 7) is 2.49. The van der Waals surface area contributed by atoms with Crippen LogP contribution in [0.25, 0.3) is 0 Å². The monoisotopic (exact) mass is 314 g/mol. The molecule has 0 spiro atoms. The summed E-state index contributed by atoms with van der Waals surface area (Å²) in [5, 5.41) is 10.1. The van der Waals surface area contributed by atoms with E-state index in [0.29, 0.717) is 35.4 Å². The summed E-state index contributed by atoms with van der Waals surface area (Å²) in [5.74, 6) is 5.97. The molecular weight excluding hydrogens is 284 g/mol. The smallest absolute Gasteiger partial charge is 0.140 e. The second-order valence-corrected chi connectivity index (χ2v) is 9.12. The van der Waals surface area contributed by atoms with Crippen molar-refractivity contribution in [1.82, 2.24) is 0 Å². The zero-order chi connectivity index (χ0) is 16.2. The molecular formula is C21H30O2. The van der Waals surface area contributed by atoms with E-state index in [9.17, 15) is 9.90 Å². The van der Waals surface area contributed by atoms with Crippen molar-refractivity contribution < 1.29 is 9.90 Å². The van der Waals surface area contributed by atoms with Gasteiger partial charge < -0.3 is 5.11 Å². The fourth-order valence-electron chi connectivity index (χ4n) is 7.32. The molecule has 4 fully saturated rings. The highest BCUT2D eigenvalue weighted by atomic mass is 16.3. The second kappa shape index (κ2) is 5.35. The van der Waals surface area contributed by atoms with Crippen LogP contribution < -0.4 is 0 Å². The second-order valence-electron chi connectivity index (χ2n) is 9.12. The number of fused-ring (bicyclic) bond motifs is 5. The first-order valence-corrected chi connectivity index (χ1v) is 9.66. The van der Waals surface area contributed by atoms with E-state index in [2.05, 4.69) is 12.8 Å². The van der Waals surface area contributed by atoms with Gasteiger partial charge >= 0.3 is 0 Å². The third-order valence-corrected chi connectivity index (χ3v) is 8.50. The molecule has 0 amide bonds. The molecule has 2 heteroatoms. The molecule has 4 rings (SSSR count). The molecule has 126 valence electrons. The number of ketones is 1. The molecule has 2 nitrogen and oxygen atoms in total. The first-order valence-electron chi connectivity index (χ1n) is 9.66. The van der Waals surface area contributed by atoms with E-state index in [1.807, 2.05) is 0 Å². The van der Waals surface area contributed by atoms with E-state index in [-0.39, 0.29) is 11.5 Å². The average Bonchev–Trinajstić information content (AvgIpc) is 2.86. The van der Waals surface area contributed by atoms with Crippen LogP contribution in [0.2, 0.25) is 0 Å². The van der Waals surface area contributed by atoms with Gasteiger partial charge in [0.2, 0.25) is 0 Å². The van der Waals surface area contributed by atoms with Crippen LogP contribution in [0.15, 0.2) is 0 Å². The Morgan fingerprint density at radius 1 is 1.17 bits per heavy atom. The van der Waals surface area contributed by atoms with Crippen molar-refractivity contribution >= 4 is 5.78 Å². The van der Waals surface area contributed by atoms with Gasteiger partial charge in [-0.1, -0.05) is 6.92 Å². The quantitative estimate of drug-likeness (QED) is 0.744. The third kappa shape index (κ3) is 2.08. The predicted octanol–water partition coefficient (Wildman–Crippen LogP) is 3.96. The Hall–Kier alpha value is -0.810. The Morgan fingerprint density at radius 3 is 2.78 bits per heavy atom. The summed E-state index contributed by atoms with van der Waals surface area (Å²) in [6, 6.07) is 0. The van der Waals surface area contributed by atoms with Gasteiger partial charge in [0.1, 0.15) is 5.78 Å². The van der Waals surface area contributed by atoms with E-state index in [1.54, 1.807) is 0 Å². The number of hydrogen-bond donors (Lipinski definition) is 1. The molecule has 0 aromatic carbocycles. The molecule has 0 aromatic rings. The Labute approximate surface area is 140 Å². The van der Waals surface area contributed by atoms with E-state index < -0.39 is 0 Å².